The monoisotopic (exact) mass is 254 g/mol. The Bertz CT molecular complexity index is 380. The summed E-state index contributed by atoms with van der Waals surface area (Å²) in [6, 6.07) is 0. The van der Waals surface area contributed by atoms with Crippen LogP contribution in [0.3, 0.4) is 0 Å². The zero-order valence-corrected chi connectivity index (χ0v) is 10.7. The van der Waals surface area contributed by atoms with Crippen molar-refractivity contribution in [1.29, 1.82) is 0 Å². The van der Waals surface area contributed by atoms with Gasteiger partial charge in [0.1, 0.15) is 5.76 Å². The van der Waals surface area contributed by atoms with Gasteiger partial charge in [-0.05, 0) is 5.92 Å². The third-order valence-corrected chi connectivity index (χ3v) is 3.33. The minimum Gasteiger partial charge on any atom is -0.511 e. The second-order valence-corrected chi connectivity index (χ2v) is 5.36. The van der Waals surface area contributed by atoms with Gasteiger partial charge < -0.3 is 14.6 Å². The Morgan fingerprint density at radius 3 is 2.22 bits per heavy atom. The van der Waals surface area contributed by atoms with Crippen LogP contribution in [0.4, 0.5) is 0 Å². The second-order valence-electron chi connectivity index (χ2n) is 5.36. The predicted octanol–water partition coefficient (Wildman–Crippen LogP) is 2.21. The number of allylic oxidation sites excluding steroid dienone is 1. The molecule has 0 atom stereocenters. The molecule has 0 aromatic rings. The zero-order chi connectivity index (χ0) is 13.3. The Hall–Kier alpha value is -1.52. The SMILES string of the molecule is CC1(C)OC(=O)C(=C(O)CC2CCCC2)C(=O)O1. The molecular weight excluding hydrogens is 236 g/mol. The summed E-state index contributed by atoms with van der Waals surface area (Å²) in [6.07, 6.45) is 4.66. The minimum absolute atomic E-state index is 0.201. The van der Waals surface area contributed by atoms with E-state index in [1.54, 1.807) is 0 Å². The van der Waals surface area contributed by atoms with Crippen LogP contribution < -0.4 is 0 Å². The number of esters is 2. The first-order chi connectivity index (χ1) is 8.39. The summed E-state index contributed by atoms with van der Waals surface area (Å²) in [4.78, 5) is 23.4. The summed E-state index contributed by atoms with van der Waals surface area (Å²) >= 11 is 0. The van der Waals surface area contributed by atoms with E-state index < -0.39 is 17.7 Å². The number of carbonyl (C=O) groups is 2. The predicted molar refractivity (Wildman–Crippen MR) is 62.5 cm³/mol. The highest BCUT2D eigenvalue weighted by Crippen LogP contribution is 2.32. The van der Waals surface area contributed by atoms with Crippen molar-refractivity contribution in [3.05, 3.63) is 11.3 Å². The Balaban J connectivity index is 2.14. The van der Waals surface area contributed by atoms with Crippen LogP contribution in [0.15, 0.2) is 11.3 Å². The lowest BCUT2D eigenvalue weighted by atomic mass is 10.00. The smallest absolute Gasteiger partial charge is 0.352 e. The van der Waals surface area contributed by atoms with E-state index in [0.717, 1.165) is 25.7 Å². The number of carbonyl (C=O) groups excluding carboxylic acids is 2. The molecule has 1 aliphatic heterocycles. The van der Waals surface area contributed by atoms with Crippen LogP contribution >= 0.6 is 0 Å². The second kappa shape index (κ2) is 4.63. The van der Waals surface area contributed by atoms with Gasteiger partial charge in [-0.3, -0.25) is 0 Å². The molecule has 0 unspecified atom stereocenters. The lowest BCUT2D eigenvalue weighted by molar-refractivity contribution is -0.222. The third kappa shape index (κ3) is 2.66. The zero-order valence-electron chi connectivity index (χ0n) is 10.7. The van der Waals surface area contributed by atoms with Gasteiger partial charge in [-0.25, -0.2) is 9.59 Å². The topological polar surface area (TPSA) is 72.8 Å². The van der Waals surface area contributed by atoms with Gasteiger partial charge in [-0.1, -0.05) is 25.7 Å². The largest absolute Gasteiger partial charge is 0.511 e. The van der Waals surface area contributed by atoms with Crippen molar-refractivity contribution in [2.24, 2.45) is 5.92 Å². The van der Waals surface area contributed by atoms with Crippen molar-refractivity contribution >= 4 is 11.9 Å². The minimum atomic E-state index is -1.26. The van der Waals surface area contributed by atoms with Crippen molar-refractivity contribution in [3.8, 4) is 0 Å². The molecule has 1 N–H and O–H groups in total. The summed E-state index contributed by atoms with van der Waals surface area (Å²) in [5.41, 5.74) is -0.346. The molecule has 0 bridgehead atoms. The van der Waals surface area contributed by atoms with E-state index in [2.05, 4.69) is 0 Å². The van der Waals surface area contributed by atoms with Crippen molar-refractivity contribution < 1.29 is 24.2 Å². The molecule has 5 nitrogen and oxygen atoms in total. The molecule has 0 aromatic carbocycles. The fourth-order valence-electron chi connectivity index (χ4n) is 2.48. The van der Waals surface area contributed by atoms with E-state index >= 15 is 0 Å². The fraction of sp³-hybridized carbons (Fsp3) is 0.692. The van der Waals surface area contributed by atoms with Crippen LogP contribution in [0, 0.1) is 5.92 Å². The summed E-state index contributed by atoms with van der Waals surface area (Å²) in [5.74, 6) is -2.72. The first-order valence-corrected chi connectivity index (χ1v) is 6.28. The first kappa shape index (κ1) is 12.9. The molecule has 2 fully saturated rings. The molecule has 0 aromatic heterocycles. The molecule has 1 saturated carbocycles. The van der Waals surface area contributed by atoms with E-state index in [0.29, 0.717) is 12.3 Å². The summed E-state index contributed by atoms with van der Waals surface area (Å²) in [7, 11) is 0. The quantitative estimate of drug-likeness (QED) is 0.354. The van der Waals surface area contributed by atoms with Crippen LogP contribution in [0.1, 0.15) is 46.0 Å². The summed E-state index contributed by atoms with van der Waals surface area (Å²) in [6.45, 7) is 2.96. The van der Waals surface area contributed by atoms with Crippen LogP contribution in [0.2, 0.25) is 0 Å². The number of aliphatic hydroxyl groups is 1. The Morgan fingerprint density at radius 1 is 1.22 bits per heavy atom. The highest BCUT2D eigenvalue weighted by atomic mass is 16.7. The molecule has 5 heteroatoms. The molecule has 18 heavy (non-hydrogen) atoms. The molecule has 0 spiro atoms. The molecule has 100 valence electrons. The number of aliphatic hydroxyl groups excluding tert-OH is 1. The Morgan fingerprint density at radius 2 is 1.72 bits per heavy atom. The van der Waals surface area contributed by atoms with E-state index in [9.17, 15) is 14.7 Å². The van der Waals surface area contributed by atoms with Crippen molar-refractivity contribution in [3.63, 3.8) is 0 Å². The average Bonchev–Trinajstić information content (AvgIpc) is 2.66. The summed E-state index contributed by atoms with van der Waals surface area (Å²) < 4.78 is 9.88. The van der Waals surface area contributed by atoms with Gasteiger partial charge in [0.2, 0.25) is 0 Å². The van der Waals surface area contributed by atoms with E-state index in [1.807, 2.05) is 0 Å². The van der Waals surface area contributed by atoms with Gasteiger partial charge in [0.05, 0.1) is 0 Å². The molecule has 0 radical (unpaired) electrons. The van der Waals surface area contributed by atoms with Gasteiger partial charge in [0, 0.05) is 20.3 Å². The van der Waals surface area contributed by atoms with Crippen molar-refractivity contribution in [2.45, 2.75) is 51.7 Å². The van der Waals surface area contributed by atoms with E-state index in [-0.39, 0.29) is 11.3 Å². The molecule has 0 amide bonds. The number of hydrogen-bond donors (Lipinski definition) is 1. The maximum atomic E-state index is 11.7. The normalized spacial score (nSPS) is 23.8. The fourth-order valence-corrected chi connectivity index (χ4v) is 2.48. The average molecular weight is 254 g/mol. The maximum absolute atomic E-state index is 11.7. The number of hydrogen-bond acceptors (Lipinski definition) is 5. The Labute approximate surface area is 106 Å². The number of ether oxygens (including phenoxy) is 2. The van der Waals surface area contributed by atoms with E-state index in [4.69, 9.17) is 9.47 Å². The Kier molecular flexibility index (Phi) is 3.32. The molecule has 1 aliphatic carbocycles. The highest BCUT2D eigenvalue weighted by Gasteiger charge is 2.41. The molecule has 2 aliphatic rings. The highest BCUT2D eigenvalue weighted by molar-refractivity contribution is 6.15. The van der Waals surface area contributed by atoms with Gasteiger partial charge in [-0.2, -0.15) is 0 Å². The van der Waals surface area contributed by atoms with Gasteiger partial charge >= 0.3 is 11.9 Å². The standard InChI is InChI=1S/C13H18O5/c1-13(2)17-11(15)10(12(16)18-13)9(14)7-8-5-3-4-6-8/h8,14H,3-7H2,1-2H3. The maximum Gasteiger partial charge on any atom is 0.352 e. The number of cyclic esters (lactones) is 2. The van der Waals surface area contributed by atoms with E-state index in [1.165, 1.54) is 13.8 Å². The molecule has 1 heterocycles. The van der Waals surface area contributed by atoms with Crippen LogP contribution in [0.25, 0.3) is 0 Å². The van der Waals surface area contributed by atoms with Gasteiger partial charge in [0.25, 0.3) is 5.79 Å². The lowest BCUT2D eigenvalue weighted by Gasteiger charge is -2.30. The van der Waals surface area contributed by atoms with Crippen molar-refractivity contribution in [2.75, 3.05) is 0 Å². The molecular formula is C13H18O5. The molecule has 2 rings (SSSR count). The summed E-state index contributed by atoms with van der Waals surface area (Å²) in [5, 5.41) is 9.92. The first-order valence-electron chi connectivity index (χ1n) is 6.28. The van der Waals surface area contributed by atoms with Crippen LogP contribution in [-0.2, 0) is 19.1 Å². The van der Waals surface area contributed by atoms with Gasteiger partial charge in [0.15, 0.2) is 5.57 Å². The lowest BCUT2D eigenvalue weighted by Crippen LogP contribution is -2.42. The number of rotatable bonds is 2. The van der Waals surface area contributed by atoms with Crippen LogP contribution in [-0.4, -0.2) is 22.8 Å². The van der Waals surface area contributed by atoms with Crippen molar-refractivity contribution in [1.82, 2.24) is 0 Å². The van der Waals surface area contributed by atoms with Crippen LogP contribution in [0.5, 0.6) is 0 Å². The molecule has 1 saturated heterocycles. The van der Waals surface area contributed by atoms with Gasteiger partial charge in [-0.15, -0.1) is 0 Å². The third-order valence-electron chi connectivity index (χ3n) is 3.33.